The number of nitrogens with two attached hydrogens (primary N) is 1. The van der Waals surface area contributed by atoms with Gasteiger partial charge in [-0.1, -0.05) is 12.1 Å². The molecule has 1 aromatic carbocycles. The van der Waals surface area contributed by atoms with Gasteiger partial charge in [-0.3, -0.25) is 0 Å². The minimum atomic E-state index is -0.602. The van der Waals surface area contributed by atoms with E-state index in [1.165, 1.54) is 0 Å². The molecule has 0 radical (unpaired) electrons. The molecule has 3 N–H and O–H groups in total. The lowest BCUT2D eigenvalue weighted by atomic mass is 9.88. The second-order valence-corrected chi connectivity index (χ2v) is 4.85. The SMILES string of the molecule is COc1cccc2c1SCCC2(N)CO. The zero-order chi connectivity index (χ0) is 10.9. The molecule has 0 bridgehead atoms. The molecule has 82 valence electrons. The van der Waals surface area contributed by atoms with Crippen molar-refractivity contribution >= 4 is 11.8 Å². The van der Waals surface area contributed by atoms with E-state index in [4.69, 9.17) is 10.5 Å². The molecule has 1 atom stereocenters. The Balaban J connectivity index is 2.53. The molecule has 3 nitrogen and oxygen atoms in total. The Kier molecular flexibility index (Phi) is 2.91. The van der Waals surface area contributed by atoms with Crippen LogP contribution < -0.4 is 10.5 Å². The van der Waals surface area contributed by atoms with Crippen LogP contribution in [0.3, 0.4) is 0 Å². The van der Waals surface area contributed by atoms with Gasteiger partial charge in [0.25, 0.3) is 0 Å². The van der Waals surface area contributed by atoms with Crippen LogP contribution in [-0.2, 0) is 5.54 Å². The highest BCUT2D eigenvalue weighted by Gasteiger charge is 2.33. The van der Waals surface area contributed by atoms with Crippen LogP contribution in [-0.4, -0.2) is 24.6 Å². The summed E-state index contributed by atoms with van der Waals surface area (Å²) < 4.78 is 5.29. The van der Waals surface area contributed by atoms with E-state index in [2.05, 4.69) is 0 Å². The van der Waals surface area contributed by atoms with Crippen molar-refractivity contribution in [3.63, 3.8) is 0 Å². The number of benzene rings is 1. The molecule has 15 heavy (non-hydrogen) atoms. The molecular weight excluding hydrogens is 210 g/mol. The molecule has 0 fully saturated rings. The lowest BCUT2D eigenvalue weighted by molar-refractivity contribution is 0.189. The Morgan fingerprint density at radius 1 is 1.60 bits per heavy atom. The maximum Gasteiger partial charge on any atom is 0.132 e. The number of rotatable bonds is 2. The van der Waals surface area contributed by atoms with Gasteiger partial charge in [0.15, 0.2) is 0 Å². The number of hydrogen-bond acceptors (Lipinski definition) is 4. The predicted octanol–water partition coefficient (Wildman–Crippen LogP) is 1.34. The van der Waals surface area contributed by atoms with Crippen molar-refractivity contribution in [3.05, 3.63) is 23.8 Å². The number of methoxy groups -OCH3 is 1. The summed E-state index contributed by atoms with van der Waals surface area (Å²) in [6.07, 6.45) is 0.800. The maximum absolute atomic E-state index is 9.39. The fourth-order valence-electron chi connectivity index (χ4n) is 1.85. The summed E-state index contributed by atoms with van der Waals surface area (Å²) in [5.41, 5.74) is 6.57. The lowest BCUT2D eigenvalue weighted by Gasteiger charge is -2.34. The molecule has 0 aliphatic carbocycles. The van der Waals surface area contributed by atoms with E-state index in [0.29, 0.717) is 0 Å². The van der Waals surface area contributed by atoms with Gasteiger partial charge in [0.05, 0.1) is 24.2 Å². The Morgan fingerprint density at radius 3 is 3.07 bits per heavy atom. The highest BCUT2D eigenvalue weighted by Crippen LogP contribution is 2.43. The van der Waals surface area contributed by atoms with Crippen LogP contribution >= 0.6 is 11.8 Å². The molecule has 2 rings (SSSR count). The average molecular weight is 225 g/mol. The number of thioether (sulfide) groups is 1. The first-order valence-electron chi connectivity index (χ1n) is 4.91. The number of hydrogen-bond donors (Lipinski definition) is 2. The Labute approximate surface area is 93.6 Å². The largest absolute Gasteiger partial charge is 0.496 e. The molecule has 0 aromatic heterocycles. The lowest BCUT2D eigenvalue weighted by Crippen LogP contribution is -2.43. The van der Waals surface area contributed by atoms with E-state index in [1.807, 2.05) is 18.2 Å². The van der Waals surface area contributed by atoms with Crippen LogP contribution in [0, 0.1) is 0 Å². The first kappa shape index (κ1) is 10.8. The zero-order valence-electron chi connectivity index (χ0n) is 8.69. The molecule has 0 spiro atoms. The summed E-state index contributed by atoms with van der Waals surface area (Å²) in [6.45, 7) is -0.0201. The van der Waals surface area contributed by atoms with Crippen LogP contribution in [0.4, 0.5) is 0 Å². The zero-order valence-corrected chi connectivity index (χ0v) is 9.51. The monoisotopic (exact) mass is 225 g/mol. The molecule has 1 aliphatic rings. The Bertz CT molecular complexity index is 370. The molecule has 1 heterocycles. The van der Waals surface area contributed by atoms with E-state index in [-0.39, 0.29) is 6.61 Å². The van der Waals surface area contributed by atoms with Crippen molar-refractivity contribution in [1.29, 1.82) is 0 Å². The average Bonchev–Trinajstić information content (AvgIpc) is 2.29. The Hall–Kier alpha value is -0.710. The van der Waals surface area contributed by atoms with E-state index < -0.39 is 5.54 Å². The fraction of sp³-hybridized carbons (Fsp3) is 0.455. The van der Waals surface area contributed by atoms with Crippen molar-refractivity contribution < 1.29 is 9.84 Å². The summed E-state index contributed by atoms with van der Waals surface area (Å²) in [5.74, 6) is 1.77. The molecule has 4 heteroatoms. The van der Waals surface area contributed by atoms with Gasteiger partial charge >= 0.3 is 0 Å². The summed E-state index contributed by atoms with van der Waals surface area (Å²) in [6, 6.07) is 5.82. The predicted molar refractivity (Wildman–Crippen MR) is 61.3 cm³/mol. The van der Waals surface area contributed by atoms with Crippen molar-refractivity contribution in [1.82, 2.24) is 0 Å². The van der Waals surface area contributed by atoms with Gasteiger partial charge in [0.1, 0.15) is 5.75 Å². The van der Waals surface area contributed by atoms with Gasteiger partial charge in [-0.25, -0.2) is 0 Å². The summed E-state index contributed by atoms with van der Waals surface area (Å²) in [4.78, 5) is 1.07. The van der Waals surface area contributed by atoms with E-state index in [9.17, 15) is 5.11 Å². The van der Waals surface area contributed by atoms with Gasteiger partial charge in [0.2, 0.25) is 0 Å². The second kappa shape index (κ2) is 4.04. The number of aliphatic hydroxyl groups is 1. The third kappa shape index (κ3) is 1.73. The van der Waals surface area contributed by atoms with Gasteiger partial charge in [-0.15, -0.1) is 11.8 Å². The molecule has 1 aromatic rings. The summed E-state index contributed by atoms with van der Waals surface area (Å²) in [5, 5.41) is 9.39. The molecular formula is C11H15NO2S. The van der Waals surface area contributed by atoms with Gasteiger partial charge in [-0.05, 0) is 18.1 Å². The fourth-order valence-corrected chi connectivity index (χ4v) is 3.24. The topological polar surface area (TPSA) is 55.5 Å². The maximum atomic E-state index is 9.39. The minimum Gasteiger partial charge on any atom is -0.496 e. The quantitative estimate of drug-likeness (QED) is 0.797. The van der Waals surface area contributed by atoms with Crippen LogP contribution in [0.1, 0.15) is 12.0 Å². The van der Waals surface area contributed by atoms with Gasteiger partial charge in [-0.2, -0.15) is 0 Å². The minimum absolute atomic E-state index is 0.0201. The second-order valence-electron chi connectivity index (χ2n) is 3.75. The highest BCUT2D eigenvalue weighted by molar-refractivity contribution is 7.99. The van der Waals surface area contributed by atoms with Gasteiger partial charge < -0.3 is 15.6 Å². The number of fused-ring (bicyclic) bond motifs is 1. The molecule has 0 saturated heterocycles. The van der Waals surface area contributed by atoms with E-state index in [0.717, 1.165) is 28.4 Å². The smallest absolute Gasteiger partial charge is 0.132 e. The third-order valence-electron chi connectivity index (χ3n) is 2.81. The van der Waals surface area contributed by atoms with Crippen molar-refractivity contribution in [2.75, 3.05) is 19.5 Å². The van der Waals surface area contributed by atoms with Crippen LogP contribution in [0.2, 0.25) is 0 Å². The summed E-state index contributed by atoms with van der Waals surface area (Å²) in [7, 11) is 1.65. The molecule has 1 unspecified atom stereocenters. The normalized spacial score (nSPS) is 24.7. The van der Waals surface area contributed by atoms with Crippen molar-refractivity contribution in [2.24, 2.45) is 5.73 Å². The molecule has 0 amide bonds. The first-order chi connectivity index (χ1) is 7.21. The first-order valence-corrected chi connectivity index (χ1v) is 5.90. The number of aliphatic hydroxyl groups excluding tert-OH is 1. The Morgan fingerprint density at radius 2 is 2.40 bits per heavy atom. The third-order valence-corrected chi connectivity index (χ3v) is 3.93. The summed E-state index contributed by atoms with van der Waals surface area (Å²) >= 11 is 1.74. The molecule has 0 saturated carbocycles. The standard InChI is InChI=1S/C11H15NO2S/c1-14-9-4-2-3-8-10(9)15-6-5-11(8,12)7-13/h2-4,13H,5-7,12H2,1H3. The highest BCUT2D eigenvalue weighted by atomic mass is 32.2. The van der Waals surface area contributed by atoms with Crippen LogP contribution in [0.15, 0.2) is 23.1 Å². The van der Waals surface area contributed by atoms with Crippen molar-refractivity contribution in [2.45, 2.75) is 16.9 Å². The van der Waals surface area contributed by atoms with E-state index in [1.54, 1.807) is 18.9 Å². The van der Waals surface area contributed by atoms with Crippen LogP contribution in [0.5, 0.6) is 5.75 Å². The molecule has 1 aliphatic heterocycles. The number of ether oxygens (including phenoxy) is 1. The van der Waals surface area contributed by atoms with Crippen molar-refractivity contribution in [3.8, 4) is 5.75 Å². The van der Waals surface area contributed by atoms with Crippen LogP contribution in [0.25, 0.3) is 0 Å². The van der Waals surface area contributed by atoms with E-state index >= 15 is 0 Å². The van der Waals surface area contributed by atoms with Gasteiger partial charge in [0, 0.05) is 5.75 Å².